The Balaban J connectivity index is 2.51. The first-order valence-electron chi connectivity index (χ1n) is 5.34. The van der Waals surface area contributed by atoms with Crippen LogP contribution in [0.5, 0.6) is 0 Å². The molecule has 0 aliphatic carbocycles. The normalized spacial score (nSPS) is 32.1. The van der Waals surface area contributed by atoms with E-state index in [9.17, 15) is 4.39 Å². The van der Waals surface area contributed by atoms with Gasteiger partial charge in [-0.05, 0) is 39.7 Å². The number of piperidine rings is 1. The molecule has 13 heavy (non-hydrogen) atoms. The predicted molar refractivity (Wildman–Crippen MR) is 54.6 cm³/mol. The molecule has 0 bridgehead atoms. The van der Waals surface area contributed by atoms with Crippen molar-refractivity contribution < 1.29 is 4.39 Å². The molecule has 0 aromatic heterocycles. The minimum Gasteiger partial charge on any atom is -0.296 e. The van der Waals surface area contributed by atoms with E-state index in [0.717, 1.165) is 19.4 Å². The van der Waals surface area contributed by atoms with E-state index in [0.29, 0.717) is 12.5 Å². The molecule has 0 aromatic carbocycles. The van der Waals surface area contributed by atoms with Crippen molar-refractivity contribution in [2.75, 3.05) is 13.1 Å². The number of alkyl halides is 1. The van der Waals surface area contributed by atoms with Gasteiger partial charge in [-0.15, -0.1) is 0 Å². The van der Waals surface area contributed by atoms with Gasteiger partial charge in [0.1, 0.15) is 6.17 Å². The number of hydrogen-bond acceptors (Lipinski definition) is 1. The first-order valence-corrected chi connectivity index (χ1v) is 5.34. The highest BCUT2D eigenvalue weighted by Gasteiger charge is 2.32. The molecule has 2 heteroatoms. The molecule has 0 N–H and O–H groups in total. The molecule has 0 amide bonds. The first kappa shape index (κ1) is 11.0. The SMILES string of the molecule is CC[C@@H]1CCN(C(C)(C)C)C[C@H]1F. The minimum absolute atomic E-state index is 0.128. The van der Waals surface area contributed by atoms with Gasteiger partial charge >= 0.3 is 0 Å². The van der Waals surface area contributed by atoms with Gasteiger partial charge in [0.25, 0.3) is 0 Å². The third kappa shape index (κ3) is 2.67. The molecule has 1 aliphatic rings. The molecule has 2 atom stereocenters. The lowest BCUT2D eigenvalue weighted by Gasteiger charge is -2.42. The molecular formula is C11H22FN. The number of halogens is 1. The van der Waals surface area contributed by atoms with E-state index in [4.69, 9.17) is 0 Å². The zero-order chi connectivity index (χ0) is 10.1. The standard InChI is InChI=1S/C11H22FN/c1-5-9-6-7-13(8-10(9)12)11(2,3)4/h9-10H,5-8H2,1-4H3/t9-,10-/m1/s1. The smallest absolute Gasteiger partial charge is 0.116 e. The molecule has 1 aliphatic heterocycles. The average Bonchev–Trinajstić information content (AvgIpc) is 2.02. The Morgan fingerprint density at radius 2 is 2.00 bits per heavy atom. The largest absolute Gasteiger partial charge is 0.296 e. The van der Waals surface area contributed by atoms with Crippen molar-refractivity contribution in [3.8, 4) is 0 Å². The lowest BCUT2D eigenvalue weighted by molar-refractivity contribution is 0.0270. The Kier molecular flexibility index (Phi) is 3.33. The van der Waals surface area contributed by atoms with E-state index in [1.54, 1.807) is 0 Å². The number of nitrogens with zero attached hydrogens (tertiary/aromatic N) is 1. The van der Waals surface area contributed by atoms with Crippen LogP contribution in [-0.4, -0.2) is 29.7 Å². The average molecular weight is 187 g/mol. The Labute approximate surface area is 81.3 Å². The highest BCUT2D eigenvalue weighted by Crippen LogP contribution is 2.27. The van der Waals surface area contributed by atoms with Gasteiger partial charge in [-0.1, -0.05) is 13.3 Å². The van der Waals surface area contributed by atoms with E-state index in [-0.39, 0.29) is 5.54 Å². The number of likely N-dealkylation sites (tertiary alicyclic amines) is 1. The van der Waals surface area contributed by atoms with E-state index >= 15 is 0 Å². The zero-order valence-corrected chi connectivity index (χ0v) is 9.31. The maximum Gasteiger partial charge on any atom is 0.116 e. The van der Waals surface area contributed by atoms with E-state index in [2.05, 4.69) is 32.6 Å². The molecule has 78 valence electrons. The molecule has 1 fully saturated rings. The third-order valence-corrected chi connectivity index (χ3v) is 3.15. The summed E-state index contributed by atoms with van der Waals surface area (Å²) >= 11 is 0. The summed E-state index contributed by atoms with van der Waals surface area (Å²) < 4.78 is 13.6. The van der Waals surface area contributed by atoms with Gasteiger partial charge in [0, 0.05) is 12.1 Å². The van der Waals surface area contributed by atoms with Crippen molar-refractivity contribution in [3.05, 3.63) is 0 Å². The van der Waals surface area contributed by atoms with Crippen molar-refractivity contribution in [2.24, 2.45) is 5.92 Å². The maximum atomic E-state index is 13.6. The lowest BCUT2D eigenvalue weighted by Crippen LogP contribution is -2.50. The highest BCUT2D eigenvalue weighted by molar-refractivity contribution is 4.86. The van der Waals surface area contributed by atoms with Crippen LogP contribution in [0.1, 0.15) is 40.5 Å². The van der Waals surface area contributed by atoms with E-state index < -0.39 is 6.17 Å². The Bertz CT molecular complexity index is 162. The van der Waals surface area contributed by atoms with Crippen LogP contribution in [0, 0.1) is 5.92 Å². The zero-order valence-electron chi connectivity index (χ0n) is 9.31. The molecule has 1 nitrogen and oxygen atoms in total. The summed E-state index contributed by atoms with van der Waals surface area (Å²) in [7, 11) is 0. The van der Waals surface area contributed by atoms with Crippen LogP contribution < -0.4 is 0 Å². The van der Waals surface area contributed by atoms with E-state index in [1.165, 1.54) is 0 Å². The molecule has 0 aromatic rings. The Morgan fingerprint density at radius 1 is 1.38 bits per heavy atom. The maximum absolute atomic E-state index is 13.6. The summed E-state index contributed by atoms with van der Waals surface area (Å²) in [6, 6.07) is 0. The second-order valence-electron chi connectivity index (χ2n) is 5.09. The lowest BCUT2D eigenvalue weighted by atomic mass is 9.90. The second kappa shape index (κ2) is 3.95. The highest BCUT2D eigenvalue weighted by atomic mass is 19.1. The van der Waals surface area contributed by atoms with Gasteiger partial charge in [-0.25, -0.2) is 4.39 Å². The van der Waals surface area contributed by atoms with Crippen LogP contribution >= 0.6 is 0 Å². The predicted octanol–water partition coefficient (Wildman–Crippen LogP) is 2.85. The molecule has 0 radical (unpaired) electrons. The molecule has 0 spiro atoms. The second-order valence-corrected chi connectivity index (χ2v) is 5.09. The number of hydrogen-bond donors (Lipinski definition) is 0. The summed E-state index contributed by atoms with van der Waals surface area (Å²) in [4.78, 5) is 2.25. The van der Waals surface area contributed by atoms with Crippen LogP contribution in [0.3, 0.4) is 0 Å². The minimum atomic E-state index is -0.613. The van der Waals surface area contributed by atoms with Crippen molar-refractivity contribution in [1.82, 2.24) is 4.90 Å². The fourth-order valence-electron chi connectivity index (χ4n) is 2.02. The Morgan fingerprint density at radius 3 is 2.38 bits per heavy atom. The van der Waals surface area contributed by atoms with Crippen LogP contribution in [0.15, 0.2) is 0 Å². The summed E-state index contributed by atoms with van der Waals surface area (Å²) in [6.07, 6.45) is 1.40. The molecular weight excluding hydrogens is 165 g/mol. The van der Waals surface area contributed by atoms with Crippen molar-refractivity contribution >= 4 is 0 Å². The van der Waals surface area contributed by atoms with Gasteiger partial charge < -0.3 is 0 Å². The third-order valence-electron chi connectivity index (χ3n) is 3.15. The molecule has 1 saturated heterocycles. The number of rotatable bonds is 1. The van der Waals surface area contributed by atoms with Crippen LogP contribution in [-0.2, 0) is 0 Å². The Hall–Kier alpha value is -0.110. The molecule has 0 saturated carbocycles. The van der Waals surface area contributed by atoms with E-state index in [1.807, 2.05) is 0 Å². The molecule has 1 rings (SSSR count). The monoisotopic (exact) mass is 187 g/mol. The summed E-state index contributed by atoms with van der Waals surface area (Å²) in [6.45, 7) is 10.2. The summed E-state index contributed by atoms with van der Waals surface area (Å²) in [5.41, 5.74) is 0.128. The molecule has 1 heterocycles. The van der Waals surface area contributed by atoms with Gasteiger partial charge in [0.05, 0.1) is 0 Å². The summed E-state index contributed by atoms with van der Waals surface area (Å²) in [5, 5.41) is 0. The van der Waals surface area contributed by atoms with Crippen LogP contribution in [0.4, 0.5) is 4.39 Å². The van der Waals surface area contributed by atoms with Gasteiger partial charge in [0.2, 0.25) is 0 Å². The fraction of sp³-hybridized carbons (Fsp3) is 1.00. The van der Waals surface area contributed by atoms with Crippen molar-refractivity contribution in [2.45, 2.75) is 52.2 Å². The quantitative estimate of drug-likeness (QED) is 0.610. The first-order chi connectivity index (χ1) is 5.95. The van der Waals surface area contributed by atoms with Gasteiger partial charge in [-0.2, -0.15) is 0 Å². The van der Waals surface area contributed by atoms with Gasteiger partial charge in [0.15, 0.2) is 0 Å². The molecule has 0 unspecified atom stereocenters. The topological polar surface area (TPSA) is 3.24 Å². The van der Waals surface area contributed by atoms with Crippen LogP contribution in [0.2, 0.25) is 0 Å². The van der Waals surface area contributed by atoms with Crippen LogP contribution in [0.25, 0.3) is 0 Å². The van der Waals surface area contributed by atoms with Crippen molar-refractivity contribution in [1.29, 1.82) is 0 Å². The van der Waals surface area contributed by atoms with Gasteiger partial charge in [-0.3, -0.25) is 4.90 Å². The summed E-state index contributed by atoms with van der Waals surface area (Å²) in [5.74, 6) is 0.304. The fourth-order valence-corrected chi connectivity index (χ4v) is 2.02. The van der Waals surface area contributed by atoms with Crippen molar-refractivity contribution in [3.63, 3.8) is 0 Å².